The molecular formula is C21H29F3N2O5. The molecule has 0 unspecified atom stereocenters. The van der Waals surface area contributed by atoms with Gasteiger partial charge in [-0.1, -0.05) is 0 Å². The van der Waals surface area contributed by atoms with Gasteiger partial charge in [-0.2, -0.15) is 13.2 Å². The number of carbonyl (C=O) groups is 2. The molecule has 0 bridgehead atoms. The number of alkyl halides is 3. The molecule has 2 atom stereocenters. The van der Waals surface area contributed by atoms with Crippen molar-refractivity contribution >= 4 is 11.9 Å². The molecule has 3 fully saturated rings. The highest BCUT2D eigenvalue weighted by molar-refractivity contribution is 5.78. The third-order valence-corrected chi connectivity index (χ3v) is 6.35. The standard InChI is InChI=1S/C19H28N2O3.C2HF3O2/c1-23-12-16-11-20(10-15-4-5-15)13-19(16)6-7-21(14-19)18(22)9-17-3-2-8-24-17;3-2(4,5)1(6)7/h2-3,8,15-16H,4-7,9-14H2,1H3;(H,6,7)/t16-,19+;/m0./s1. The van der Waals surface area contributed by atoms with Gasteiger partial charge in [0.25, 0.3) is 0 Å². The Bertz CT molecular complexity index is 751. The highest BCUT2D eigenvalue weighted by atomic mass is 19.4. The maximum Gasteiger partial charge on any atom is 0.490 e. The molecule has 1 aliphatic carbocycles. The van der Waals surface area contributed by atoms with Crippen LogP contribution in [0.15, 0.2) is 22.8 Å². The number of carbonyl (C=O) groups excluding carboxylic acids is 1. The lowest BCUT2D eigenvalue weighted by Gasteiger charge is -2.30. The van der Waals surface area contributed by atoms with Crippen molar-refractivity contribution in [3.63, 3.8) is 0 Å². The first kappa shape index (κ1) is 23.6. The zero-order chi connectivity index (χ0) is 22.6. The Hall–Kier alpha value is -2.07. The van der Waals surface area contributed by atoms with Crippen LogP contribution in [0.2, 0.25) is 0 Å². The molecule has 1 saturated carbocycles. The van der Waals surface area contributed by atoms with E-state index in [1.807, 2.05) is 17.0 Å². The van der Waals surface area contributed by atoms with E-state index < -0.39 is 12.1 Å². The highest BCUT2D eigenvalue weighted by Gasteiger charge is 2.51. The van der Waals surface area contributed by atoms with Crippen LogP contribution >= 0.6 is 0 Å². The first-order valence-corrected chi connectivity index (χ1v) is 10.4. The van der Waals surface area contributed by atoms with Crippen LogP contribution in [0.3, 0.4) is 0 Å². The SMILES string of the molecule is COC[C@@H]1CN(CC2CC2)C[C@@]12CCN(C(=O)Cc1ccco1)C2.O=C(O)C(F)(F)F. The molecule has 1 aromatic rings. The fourth-order valence-electron chi connectivity index (χ4n) is 4.62. The molecule has 2 saturated heterocycles. The second kappa shape index (κ2) is 9.60. The number of methoxy groups -OCH3 is 1. The van der Waals surface area contributed by atoms with Gasteiger partial charge in [-0.05, 0) is 37.3 Å². The summed E-state index contributed by atoms with van der Waals surface area (Å²) in [6.45, 7) is 6.05. The molecule has 1 spiro atoms. The molecule has 31 heavy (non-hydrogen) atoms. The summed E-state index contributed by atoms with van der Waals surface area (Å²) >= 11 is 0. The lowest BCUT2D eigenvalue weighted by atomic mass is 9.77. The summed E-state index contributed by atoms with van der Waals surface area (Å²) in [7, 11) is 1.80. The summed E-state index contributed by atoms with van der Waals surface area (Å²) in [5.41, 5.74) is 0.226. The Morgan fingerprint density at radius 1 is 1.32 bits per heavy atom. The summed E-state index contributed by atoms with van der Waals surface area (Å²) < 4.78 is 42.6. The van der Waals surface area contributed by atoms with Gasteiger partial charge in [0.15, 0.2) is 0 Å². The van der Waals surface area contributed by atoms with Crippen molar-refractivity contribution in [2.45, 2.75) is 31.9 Å². The zero-order valence-corrected chi connectivity index (χ0v) is 17.6. The third-order valence-electron chi connectivity index (χ3n) is 6.35. The van der Waals surface area contributed by atoms with Gasteiger partial charge in [0, 0.05) is 51.2 Å². The van der Waals surface area contributed by atoms with Crippen molar-refractivity contribution in [1.29, 1.82) is 0 Å². The molecule has 1 aromatic heterocycles. The van der Waals surface area contributed by atoms with Crippen LogP contribution in [0.25, 0.3) is 0 Å². The molecule has 2 aliphatic heterocycles. The van der Waals surface area contributed by atoms with Crippen molar-refractivity contribution < 1.29 is 37.0 Å². The summed E-state index contributed by atoms with van der Waals surface area (Å²) in [5, 5.41) is 7.12. The largest absolute Gasteiger partial charge is 0.490 e. The second-order valence-electron chi connectivity index (χ2n) is 8.78. The smallest absolute Gasteiger partial charge is 0.475 e. The molecule has 3 aliphatic rings. The number of halogens is 3. The predicted octanol–water partition coefficient (Wildman–Crippen LogP) is 2.66. The van der Waals surface area contributed by atoms with Gasteiger partial charge >= 0.3 is 12.1 Å². The maximum atomic E-state index is 12.6. The number of hydrogen-bond acceptors (Lipinski definition) is 5. The number of nitrogens with zero attached hydrogens (tertiary/aromatic N) is 2. The Kier molecular flexibility index (Phi) is 7.31. The van der Waals surface area contributed by atoms with E-state index in [1.165, 1.54) is 19.4 Å². The molecule has 0 radical (unpaired) electrons. The van der Waals surface area contributed by atoms with Crippen molar-refractivity contribution in [3.8, 4) is 0 Å². The fraction of sp³-hybridized carbons (Fsp3) is 0.714. The van der Waals surface area contributed by atoms with Crippen LogP contribution in [-0.4, -0.2) is 79.4 Å². The quantitative estimate of drug-likeness (QED) is 0.724. The van der Waals surface area contributed by atoms with E-state index in [0.717, 1.165) is 50.9 Å². The highest BCUT2D eigenvalue weighted by Crippen LogP contribution is 2.45. The maximum absolute atomic E-state index is 12.6. The number of furan rings is 1. The van der Waals surface area contributed by atoms with E-state index in [4.69, 9.17) is 19.1 Å². The van der Waals surface area contributed by atoms with E-state index in [-0.39, 0.29) is 11.3 Å². The number of hydrogen-bond donors (Lipinski definition) is 1. The average Bonchev–Trinajstić information content (AvgIpc) is 3.07. The van der Waals surface area contributed by atoms with Gasteiger partial charge in [0.1, 0.15) is 5.76 Å². The van der Waals surface area contributed by atoms with Crippen molar-refractivity contribution in [2.75, 3.05) is 46.4 Å². The number of ether oxygens (including phenoxy) is 1. The average molecular weight is 446 g/mol. The van der Waals surface area contributed by atoms with Crippen molar-refractivity contribution in [2.24, 2.45) is 17.3 Å². The van der Waals surface area contributed by atoms with Gasteiger partial charge in [-0.25, -0.2) is 4.79 Å². The van der Waals surface area contributed by atoms with Gasteiger partial charge in [0.2, 0.25) is 5.91 Å². The predicted molar refractivity (Wildman–Crippen MR) is 104 cm³/mol. The summed E-state index contributed by atoms with van der Waals surface area (Å²) in [5.74, 6) is -0.341. The monoisotopic (exact) mass is 446 g/mol. The summed E-state index contributed by atoms with van der Waals surface area (Å²) in [6.07, 6.45) is 0.823. The van der Waals surface area contributed by atoms with Crippen LogP contribution < -0.4 is 0 Å². The van der Waals surface area contributed by atoms with Gasteiger partial charge < -0.3 is 24.1 Å². The van der Waals surface area contributed by atoms with E-state index in [1.54, 1.807) is 13.4 Å². The van der Waals surface area contributed by atoms with E-state index >= 15 is 0 Å². The van der Waals surface area contributed by atoms with Gasteiger partial charge in [0.05, 0.1) is 19.3 Å². The Balaban J connectivity index is 0.000000339. The molecule has 0 aromatic carbocycles. The molecule has 1 N–H and O–H groups in total. The van der Waals surface area contributed by atoms with Crippen LogP contribution in [0.1, 0.15) is 25.0 Å². The number of carboxylic acids is 1. The second-order valence-corrected chi connectivity index (χ2v) is 8.78. The summed E-state index contributed by atoms with van der Waals surface area (Å²) in [4.78, 5) is 26.2. The van der Waals surface area contributed by atoms with Crippen LogP contribution in [0, 0.1) is 17.3 Å². The normalized spacial score (nSPS) is 26.2. The minimum absolute atomic E-state index is 0.193. The molecule has 174 valence electrons. The van der Waals surface area contributed by atoms with Crippen molar-refractivity contribution in [1.82, 2.24) is 9.80 Å². The zero-order valence-electron chi connectivity index (χ0n) is 17.6. The van der Waals surface area contributed by atoms with Crippen LogP contribution in [0.4, 0.5) is 13.2 Å². The van der Waals surface area contributed by atoms with Gasteiger partial charge in [-0.3, -0.25) is 4.79 Å². The Labute approximate surface area is 179 Å². The minimum atomic E-state index is -5.08. The topological polar surface area (TPSA) is 83.2 Å². The Morgan fingerprint density at radius 2 is 2.03 bits per heavy atom. The van der Waals surface area contributed by atoms with E-state index in [2.05, 4.69) is 4.90 Å². The van der Waals surface area contributed by atoms with Gasteiger partial charge in [-0.15, -0.1) is 0 Å². The number of rotatable bonds is 6. The molecule has 10 heteroatoms. The summed E-state index contributed by atoms with van der Waals surface area (Å²) in [6, 6.07) is 3.72. The molecule has 3 heterocycles. The lowest BCUT2D eigenvalue weighted by molar-refractivity contribution is -0.192. The first-order valence-electron chi connectivity index (χ1n) is 10.4. The van der Waals surface area contributed by atoms with Crippen molar-refractivity contribution in [3.05, 3.63) is 24.2 Å². The number of amides is 1. The first-order chi connectivity index (χ1) is 14.6. The molecule has 4 rings (SSSR count). The fourth-order valence-corrected chi connectivity index (χ4v) is 4.62. The molecular weight excluding hydrogens is 417 g/mol. The molecule has 1 amide bonds. The van der Waals surface area contributed by atoms with Crippen LogP contribution in [0.5, 0.6) is 0 Å². The number of carboxylic acid groups (broad SMARTS) is 1. The van der Waals surface area contributed by atoms with Crippen LogP contribution in [-0.2, 0) is 20.7 Å². The van der Waals surface area contributed by atoms with E-state index in [0.29, 0.717) is 12.3 Å². The Morgan fingerprint density at radius 3 is 2.58 bits per heavy atom. The lowest BCUT2D eigenvalue weighted by Crippen LogP contribution is -2.38. The number of aliphatic carboxylic acids is 1. The van der Waals surface area contributed by atoms with E-state index in [9.17, 15) is 18.0 Å². The molecule has 7 nitrogen and oxygen atoms in total. The third kappa shape index (κ3) is 6.22. The minimum Gasteiger partial charge on any atom is -0.475 e. The number of likely N-dealkylation sites (tertiary alicyclic amines) is 2.